The molecule has 2 aromatic heterocycles. The Morgan fingerprint density at radius 3 is 2.52 bits per heavy atom. The number of aromatic nitrogens is 4. The van der Waals surface area contributed by atoms with E-state index >= 15 is 0 Å². The van der Waals surface area contributed by atoms with Crippen LogP contribution in [0.5, 0.6) is 0 Å². The van der Waals surface area contributed by atoms with Gasteiger partial charge in [-0.1, -0.05) is 0 Å². The average molecular weight is 353 g/mol. The fourth-order valence-electron chi connectivity index (χ4n) is 2.12. The summed E-state index contributed by atoms with van der Waals surface area (Å²) in [4.78, 5) is 8.45. The second-order valence-electron chi connectivity index (χ2n) is 4.85. The Balaban J connectivity index is 1.86. The van der Waals surface area contributed by atoms with Crippen LogP contribution in [0.4, 0.5) is 11.6 Å². The smallest absolute Gasteiger partial charge is 0.145 e. The van der Waals surface area contributed by atoms with Crippen LogP contribution in [0.3, 0.4) is 0 Å². The van der Waals surface area contributed by atoms with Crippen LogP contribution in [0, 0.1) is 13.8 Å². The molecule has 2 rings (SSSR count). The van der Waals surface area contributed by atoms with E-state index in [1.54, 1.807) is 6.33 Å². The molecule has 0 spiro atoms. The summed E-state index contributed by atoms with van der Waals surface area (Å²) < 4.78 is 2.91. The van der Waals surface area contributed by atoms with Crippen molar-refractivity contribution in [1.82, 2.24) is 19.7 Å². The van der Waals surface area contributed by atoms with Gasteiger partial charge in [-0.15, -0.1) is 0 Å². The number of nitrogens with zero attached hydrogens (tertiary/aromatic N) is 4. The highest BCUT2D eigenvalue weighted by Crippen LogP contribution is 2.26. The number of rotatable bonds is 7. The Morgan fingerprint density at radius 1 is 1.19 bits per heavy atom. The SMILES string of the molecule is CCNc1ncnc(NCCCn2nc(C)cc2C)c1Br. The van der Waals surface area contributed by atoms with E-state index in [2.05, 4.69) is 54.6 Å². The lowest BCUT2D eigenvalue weighted by Crippen LogP contribution is -2.11. The maximum absolute atomic E-state index is 4.45. The van der Waals surface area contributed by atoms with Gasteiger partial charge >= 0.3 is 0 Å². The van der Waals surface area contributed by atoms with E-state index in [0.29, 0.717) is 0 Å². The lowest BCUT2D eigenvalue weighted by Gasteiger charge is -2.11. The predicted molar refractivity (Wildman–Crippen MR) is 88.7 cm³/mol. The number of halogens is 1. The first kappa shape index (κ1) is 15.8. The number of hydrogen-bond acceptors (Lipinski definition) is 5. The van der Waals surface area contributed by atoms with Gasteiger partial charge in [0.25, 0.3) is 0 Å². The lowest BCUT2D eigenvalue weighted by atomic mass is 10.4. The quantitative estimate of drug-likeness (QED) is 0.749. The number of nitrogens with one attached hydrogen (secondary N) is 2. The van der Waals surface area contributed by atoms with Gasteiger partial charge in [0, 0.05) is 25.3 Å². The van der Waals surface area contributed by atoms with E-state index in [0.717, 1.165) is 47.9 Å². The largest absolute Gasteiger partial charge is 0.369 e. The molecule has 0 unspecified atom stereocenters. The highest BCUT2D eigenvalue weighted by atomic mass is 79.9. The topological polar surface area (TPSA) is 67.7 Å². The third-order valence-corrected chi connectivity index (χ3v) is 3.83. The van der Waals surface area contributed by atoms with Crippen LogP contribution < -0.4 is 10.6 Å². The molecule has 0 radical (unpaired) electrons. The van der Waals surface area contributed by atoms with Gasteiger partial charge in [-0.25, -0.2) is 9.97 Å². The summed E-state index contributed by atoms with van der Waals surface area (Å²) in [5.74, 6) is 1.63. The van der Waals surface area contributed by atoms with Crippen LogP contribution in [-0.4, -0.2) is 32.8 Å². The van der Waals surface area contributed by atoms with E-state index in [1.165, 1.54) is 5.69 Å². The minimum Gasteiger partial charge on any atom is -0.369 e. The zero-order valence-corrected chi connectivity index (χ0v) is 14.2. The Labute approximate surface area is 133 Å². The molecule has 7 heteroatoms. The molecule has 2 aromatic rings. The number of hydrogen-bond donors (Lipinski definition) is 2. The van der Waals surface area contributed by atoms with Crippen molar-refractivity contribution in [2.75, 3.05) is 23.7 Å². The first-order valence-corrected chi connectivity index (χ1v) is 7.90. The van der Waals surface area contributed by atoms with Gasteiger partial charge in [0.2, 0.25) is 0 Å². The highest BCUT2D eigenvalue weighted by molar-refractivity contribution is 9.10. The molecule has 0 saturated carbocycles. The molecule has 0 aromatic carbocycles. The molecule has 6 nitrogen and oxygen atoms in total. The van der Waals surface area contributed by atoms with Gasteiger partial charge < -0.3 is 10.6 Å². The minimum atomic E-state index is 0.813. The maximum atomic E-state index is 4.45. The van der Waals surface area contributed by atoms with E-state index in [9.17, 15) is 0 Å². The van der Waals surface area contributed by atoms with Gasteiger partial charge in [-0.05, 0) is 49.2 Å². The van der Waals surface area contributed by atoms with Crippen LogP contribution >= 0.6 is 15.9 Å². The molecule has 0 amide bonds. The highest BCUT2D eigenvalue weighted by Gasteiger charge is 2.07. The summed E-state index contributed by atoms with van der Waals surface area (Å²) in [6.45, 7) is 8.69. The van der Waals surface area contributed by atoms with Crippen molar-refractivity contribution >= 4 is 27.6 Å². The Hall–Kier alpha value is -1.63. The van der Waals surface area contributed by atoms with Crippen LogP contribution in [0.1, 0.15) is 24.7 Å². The molecule has 2 N–H and O–H groups in total. The average Bonchev–Trinajstić information content (AvgIpc) is 2.77. The molecule has 21 heavy (non-hydrogen) atoms. The second kappa shape index (κ2) is 7.40. The van der Waals surface area contributed by atoms with Crippen molar-refractivity contribution in [3.8, 4) is 0 Å². The van der Waals surface area contributed by atoms with Crippen LogP contribution in [0.2, 0.25) is 0 Å². The van der Waals surface area contributed by atoms with Crippen LogP contribution in [-0.2, 0) is 6.54 Å². The van der Waals surface area contributed by atoms with Gasteiger partial charge in [0.1, 0.15) is 22.4 Å². The van der Waals surface area contributed by atoms with Gasteiger partial charge in [0.15, 0.2) is 0 Å². The van der Waals surface area contributed by atoms with E-state index < -0.39 is 0 Å². The minimum absolute atomic E-state index is 0.813. The Kier molecular flexibility index (Phi) is 5.55. The van der Waals surface area contributed by atoms with Crippen molar-refractivity contribution in [3.05, 3.63) is 28.3 Å². The molecular weight excluding hydrogens is 332 g/mol. The molecular formula is C14H21BrN6. The van der Waals surface area contributed by atoms with E-state index in [-0.39, 0.29) is 0 Å². The van der Waals surface area contributed by atoms with Crippen molar-refractivity contribution in [3.63, 3.8) is 0 Å². The van der Waals surface area contributed by atoms with Gasteiger partial charge in [-0.3, -0.25) is 4.68 Å². The first-order valence-electron chi connectivity index (χ1n) is 7.11. The summed E-state index contributed by atoms with van der Waals surface area (Å²) >= 11 is 3.53. The van der Waals surface area contributed by atoms with Crippen molar-refractivity contribution < 1.29 is 0 Å². The molecule has 2 heterocycles. The second-order valence-corrected chi connectivity index (χ2v) is 5.64. The summed E-state index contributed by atoms with van der Waals surface area (Å²) in [6, 6.07) is 2.09. The Morgan fingerprint density at radius 2 is 1.90 bits per heavy atom. The molecule has 0 fully saturated rings. The van der Waals surface area contributed by atoms with Crippen LogP contribution in [0.25, 0.3) is 0 Å². The fourth-order valence-corrected chi connectivity index (χ4v) is 2.61. The van der Waals surface area contributed by atoms with Crippen molar-refractivity contribution in [2.45, 2.75) is 33.7 Å². The molecule has 0 aliphatic rings. The first-order chi connectivity index (χ1) is 10.1. The summed E-state index contributed by atoms with van der Waals surface area (Å²) in [6.07, 6.45) is 2.54. The summed E-state index contributed by atoms with van der Waals surface area (Å²) in [5, 5.41) is 11.0. The fraction of sp³-hybridized carbons (Fsp3) is 0.500. The summed E-state index contributed by atoms with van der Waals surface area (Å²) in [5.41, 5.74) is 2.26. The van der Waals surface area contributed by atoms with Crippen molar-refractivity contribution in [2.24, 2.45) is 0 Å². The molecule has 114 valence electrons. The maximum Gasteiger partial charge on any atom is 0.145 e. The third-order valence-electron chi connectivity index (χ3n) is 3.08. The predicted octanol–water partition coefficient (Wildman–Crippen LogP) is 2.99. The molecule has 0 aliphatic heterocycles. The molecule has 0 atom stereocenters. The van der Waals surface area contributed by atoms with E-state index in [4.69, 9.17) is 0 Å². The van der Waals surface area contributed by atoms with Crippen molar-refractivity contribution in [1.29, 1.82) is 0 Å². The molecule has 0 saturated heterocycles. The monoisotopic (exact) mass is 352 g/mol. The number of anilines is 2. The zero-order chi connectivity index (χ0) is 15.2. The molecule has 0 bridgehead atoms. The number of aryl methyl sites for hydroxylation is 3. The normalized spacial score (nSPS) is 10.7. The molecule has 0 aliphatic carbocycles. The third kappa shape index (κ3) is 4.17. The van der Waals surface area contributed by atoms with E-state index in [1.807, 2.05) is 18.5 Å². The summed E-state index contributed by atoms with van der Waals surface area (Å²) in [7, 11) is 0. The van der Waals surface area contributed by atoms with Crippen LogP contribution in [0.15, 0.2) is 16.9 Å². The Bertz CT molecular complexity index is 595. The van der Waals surface area contributed by atoms with Gasteiger partial charge in [0.05, 0.1) is 5.69 Å². The standard InChI is InChI=1S/C14H21BrN6/c1-4-16-13-12(15)14(19-9-18-13)17-6-5-7-21-11(3)8-10(2)20-21/h8-9H,4-7H2,1-3H3,(H2,16,17,18,19). The van der Waals surface area contributed by atoms with Gasteiger partial charge in [-0.2, -0.15) is 5.10 Å². The zero-order valence-electron chi connectivity index (χ0n) is 12.6. The lowest BCUT2D eigenvalue weighted by molar-refractivity contribution is 0.573.